The van der Waals surface area contributed by atoms with E-state index in [0.29, 0.717) is 37.0 Å². The van der Waals surface area contributed by atoms with Crippen LogP contribution in [0.2, 0.25) is 5.02 Å². The maximum atomic E-state index is 12.6. The first kappa shape index (κ1) is 19.1. The fourth-order valence-electron chi connectivity index (χ4n) is 3.50. The van der Waals surface area contributed by atoms with Crippen LogP contribution in [0.4, 0.5) is 22.0 Å². The van der Waals surface area contributed by atoms with Gasteiger partial charge in [0, 0.05) is 61.6 Å². The van der Waals surface area contributed by atoms with Gasteiger partial charge in [0.2, 0.25) is 0 Å². The second-order valence-electron chi connectivity index (χ2n) is 6.97. The zero-order valence-electron chi connectivity index (χ0n) is 15.9. The molecule has 8 nitrogen and oxygen atoms in total. The largest absolute Gasteiger partial charge is 0.384 e. The molecule has 0 aliphatic carbocycles. The Balaban J connectivity index is 1.48. The summed E-state index contributed by atoms with van der Waals surface area (Å²) < 4.78 is 1.43. The van der Waals surface area contributed by atoms with Gasteiger partial charge < -0.3 is 25.4 Å². The molecule has 0 saturated carbocycles. The number of aromatic nitrogens is 2. The van der Waals surface area contributed by atoms with Gasteiger partial charge in [0.15, 0.2) is 0 Å². The molecule has 1 aromatic carbocycles. The molecule has 0 spiro atoms. The summed E-state index contributed by atoms with van der Waals surface area (Å²) in [5.41, 5.74) is 7.73. The number of hydrogen-bond acceptors (Lipinski definition) is 5. The Morgan fingerprint density at radius 1 is 1.17 bits per heavy atom. The third kappa shape index (κ3) is 3.84. The number of anilines is 3. The molecule has 2 aromatic heterocycles. The normalized spacial score (nSPS) is 14.3. The minimum atomic E-state index is -0.279. The monoisotopic (exact) mass is 412 g/mol. The van der Waals surface area contributed by atoms with Gasteiger partial charge in [-0.05, 0) is 30.3 Å². The molecule has 0 atom stereocenters. The highest BCUT2D eigenvalue weighted by Gasteiger charge is 2.23. The van der Waals surface area contributed by atoms with E-state index in [4.69, 9.17) is 17.3 Å². The number of rotatable bonds is 2. The molecule has 150 valence electrons. The van der Waals surface area contributed by atoms with E-state index in [9.17, 15) is 9.59 Å². The van der Waals surface area contributed by atoms with Crippen molar-refractivity contribution in [2.45, 2.75) is 0 Å². The Hall–Kier alpha value is -3.26. The third-order valence-corrected chi connectivity index (χ3v) is 5.28. The highest BCUT2D eigenvalue weighted by Crippen LogP contribution is 2.30. The number of hydrogen-bond donors (Lipinski definition) is 2. The van der Waals surface area contributed by atoms with Gasteiger partial charge in [0.25, 0.3) is 5.56 Å². The second-order valence-corrected chi connectivity index (χ2v) is 7.41. The van der Waals surface area contributed by atoms with E-state index in [1.54, 1.807) is 36.3 Å². The molecule has 1 aliphatic rings. The van der Waals surface area contributed by atoms with Gasteiger partial charge >= 0.3 is 6.03 Å². The molecule has 0 unspecified atom stereocenters. The molecule has 29 heavy (non-hydrogen) atoms. The minimum absolute atomic E-state index is 0.239. The van der Waals surface area contributed by atoms with E-state index in [-0.39, 0.29) is 17.3 Å². The third-order valence-electron chi connectivity index (χ3n) is 5.04. The van der Waals surface area contributed by atoms with Crippen molar-refractivity contribution in [2.24, 2.45) is 7.05 Å². The topological polar surface area (TPSA) is 96.5 Å². The molecule has 4 rings (SSSR count). The predicted octanol–water partition coefficient (Wildman–Crippen LogP) is 2.52. The number of fused-ring (bicyclic) bond motifs is 1. The van der Waals surface area contributed by atoms with Gasteiger partial charge in [-0.25, -0.2) is 9.78 Å². The van der Waals surface area contributed by atoms with Crippen molar-refractivity contribution in [3.8, 4) is 0 Å². The number of carbonyl (C=O) groups excluding carboxylic acids is 1. The number of aryl methyl sites for hydroxylation is 1. The van der Waals surface area contributed by atoms with E-state index in [1.807, 2.05) is 18.2 Å². The van der Waals surface area contributed by atoms with Crippen molar-refractivity contribution in [1.82, 2.24) is 14.5 Å². The Morgan fingerprint density at radius 2 is 1.93 bits per heavy atom. The van der Waals surface area contributed by atoms with Crippen LogP contribution in [0, 0.1) is 0 Å². The van der Waals surface area contributed by atoms with Crippen LogP contribution >= 0.6 is 11.6 Å². The Morgan fingerprint density at radius 3 is 2.69 bits per heavy atom. The summed E-state index contributed by atoms with van der Waals surface area (Å²) in [4.78, 5) is 32.9. The summed E-state index contributed by atoms with van der Waals surface area (Å²) in [5.74, 6) is 0.426. The van der Waals surface area contributed by atoms with E-state index in [0.717, 1.165) is 16.6 Å². The number of nitrogen functional groups attached to an aromatic ring is 1. The molecule has 3 N–H and O–H groups in total. The number of urea groups is 1. The summed E-state index contributed by atoms with van der Waals surface area (Å²) in [6, 6.07) is 10.5. The zero-order valence-corrected chi connectivity index (χ0v) is 16.7. The first-order valence-corrected chi connectivity index (χ1v) is 9.62. The molecular formula is C20H21ClN6O2. The summed E-state index contributed by atoms with van der Waals surface area (Å²) in [6.07, 6.45) is 1.65. The van der Waals surface area contributed by atoms with Crippen LogP contribution in [0.15, 0.2) is 47.4 Å². The van der Waals surface area contributed by atoms with E-state index in [2.05, 4.69) is 15.2 Å². The molecule has 3 heterocycles. The maximum Gasteiger partial charge on any atom is 0.322 e. The first-order chi connectivity index (χ1) is 13.9. The van der Waals surface area contributed by atoms with Crippen molar-refractivity contribution < 1.29 is 4.79 Å². The summed E-state index contributed by atoms with van der Waals surface area (Å²) in [5, 5.41) is 4.28. The maximum absolute atomic E-state index is 12.6. The van der Waals surface area contributed by atoms with E-state index < -0.39 is 0 Å². The van der Waals surface area contributed by atoms with Crippen molar-refractivity contribution in [3.63, 3.8) is 0 Å². The van der Waals surface area contributed by atoms with Gasteiger partial charge in [-0.3, -0.25) is 4.79 Å². The fourth-order valence-corrected chi connectivity index (χ4v) is 3.67. The number of carbonyl (C=O) groups is 1. The quantitative estimate of drug-likeness (QED) is 0.674. The van der Waals surface area contributed by atoms with Crippen LogP contribution in [0.5, 0.6) is 0 Å². The molecule has 2 amide bonds. The molecule has 0 bridgehead atoms. The van der Waals surface area contributed by atoms with Crippen molar-refractivity contribution >= 4 is 45.7 Å². The summed E-state index contributed by atoms with van der Waals surface area (Å²) in [7, 11) is 1.65. The molecular weight excluding hydrogens is 392 g/mol. The fraction of sp³-hybridized carbons (Fsp3) is 0.250. The average molecular weight is 413 g/mol. The first-order valence-electron chi connectivity index (χ1n) is 9.24. The van der Waals surface area contributed by atoms with Gasteiger partial charge in [-0.1, -0.05) is 11.6 Å². The van der Waals surface area contributed by atoms with Crippen LogP contribution < -0.4 is 21.5 Å². The number of amides is 2. The van der Waals surface area contributed by atoms with Gasteiger partial charge in [-0.2, -0.15) is 0 Å². The van der Waals surface area contributed by atoms with Crippen LogP contribution in [0.3, 0.4) is 0 Å². The summed E-state index contributed by atoms with van der Waals surface area (Å²) >= 11 is 6.08. The number of halogens is 1. The lowest BCUT2D eigenvalue weighted by Gasteiger charge is -2.36. The predicted molar refractivity (Wildman–Crippen MR) is 116 cm³/mol. The molecule has 0 radical (unpaired) electrons. The number of nitrogens with two attached hydrogens (primary N) is 1. The summed E-state index contributed by atoms with van der Waals surface area (Å²) in [6.45, 7) is 2.33. The molecule has 3 aromatic rings. The van der Waals surface area contributed by atoms with Crippen molar-refractivity contribution in [3.05, 3.63) is 58.0 Å². The van der Waals surface area contributed by atoms with Crippen molar-refractivity contribution in [2.75, 3.05) is 42.1 Å². The van der Waals surface area contributed by atoms with Gasteiger partial charge in [0.05, 0.1) is 5.52 Å². The van der Waals surface area contributed by atoms with E-state index >= 15 is 0 Å². The molecule has 1 fully saturated rings. The van der Waals surface area contributed by atoms with Gasteiger partial charge in [-0.15, -0.1) is 0 Å². The second kappa shape index (κ2) is 7.63. The van der Waals surface area contributed by atoms with Crippen LogP contribution in [0.25, 0.3) is 10.9 Å². The minimum Gasteiger partial charge on any atom is -0.384 e. The SMILES string of the molecule is Cn1cccc(NC(=O)N2CCN(c3cc(N)nc4cc(Cl)ccc34)CC2)c1=O. The standard InChI is InChI=1S/C20H21ClN6O2/c1-25-6-2-3-15(19(25)28)24-20(29)27-9-7-26(8-10-27)17-12-18(22)23-16-11-13(21)4-5-14(16)17/h2-6,11-12H,7-10H2,1H3,(H2,22,23)(H,24,29). The Bertz CT molecular complexity index is 1130. The molecule has 1 saturated heterocycles. The lowest BCUT2D eigenvalue weighted by molar-refractivity contribution is 0.208. The Labute approximate surface area is 172 Å². The lowest BCUT2D eigenvalue weighted by atomic mass is 10.1. The van der Waals surface area contributed by atoms with Crippen LogP contribution in [-0.2, 0) is 7.05 Å². The number of piperazine rings is 1. The smallest absolute Gasteiger partial charge is 0.322 e. The highest BCUT2D eigenvalue weighted by molar-refractivity contribution is 6.31. The Kier molecular flexibility index (Phi) is 5.02. The zero-order chi connectivity index (χ0) is 20.5. The van der Waals surface area contributed by atoms with Gasteiger partial charge in [0.1, 0.15) is 11.5 Å². The van der Waals surface area contributed by atoms with E-state index in [1.165, 1.54) is 4.57 Å². The highest BCUT2D eigenvalue weighted by atomic mass is 35.5. The van der Waals surface area contributed by atoms with Crippen LogP contribution in [0.1, 0.15) is 0 Å². The number of benzene rings is 1. The van der Waals surface area contributed by atoms with Crippen molar-refractivity contribution in [1.29, 1.82) is 0 Å². The molecule has 1 aliphatic heterocycles. The number of nitrogens with zero attached hydrogens (tertiary/aromatic N) is 4. The molecule has 9 heteroatoms. The average Bonchev–Trinajstić information content (AvgIpc) is 2.70. The lowest BCUT2D eigenvalue weighted by Crippen LogP contribution is -2.50. The number of nitrogens with one attached hydrogen (secondary N) is 1. The van der Waals surface area contributed by atoms with Crippen LogP contribution in [-0.4, -0.2) is 46.7 Å². The number of pyridine rings is 2.